The Hall–Kier alpha value is -1.04. The van der Waals surface area contributed by atoms with E-state index in [-0.39, 0.29) is 5.91 Å². The summed E-state index contributed by atoms with van der Waals surface area (Å²) in [7, 11) is 0. The number of nitrogens with zero attached hydrogens (tertiary/aromatic N) is 2. The molecule has 0 spiro atoms. The zero-order valence-electron chi connectivity index (χ0n) is 11.1. The molecule has 0 aromatic rings. The molecule has 0 N–H and O–H groups in total. The maximum Gasteiger partial charge on any atom is 0.219 e. The first-order valence-electron chi connectivity index (χ1n) is 7.33. The van der Waals surface area contributed by atoms with Crippen molar-refractivity contribution in [2.24, 2.45) is 23.7 Å². The van der Waals surface area contributed by atoms with Gasteiger partial charge >= 0.3 is 0 Å². The van der Waals surface area contributed by atoms with Gasteiger partial charge < -0.3 is 4.90 Å². The van der Waals surface area contributed by atoms with Gasteiger partial charge in [-0.3, -0.25) is 4.79 Å². The SMILES string of the molecule is CC(=O)N(CCC#N)C1C2CC3CC(C2)CC1C3. The van der Waals surface area contributed by atoms with Gasteiger partial charge in [0.2, 0.25) is 5.91 Å². The first-order valence-corrected chi connectivity index (χ1v) is 7.33. The molecule has 4 aliphatic rings. The van der Waals surface area contributed by atoms with Gasteiger partial charge in [0, 0.05) is 19.5 Å². The van der Waals surface area contributed by atoms with E-state index >= 15 is 0 Å². The Balaban J connectivity index is 1.78. The fourth-order valence-electron chi connectivity index (χ4n) is 5.09. The van der Waals surface area contributed by atoms with Crippen molar-refractivity contribution in [1.29, 1.82) is 5.26 Å². The molecule has 0 atom stereocenters. The van der Waals surface area contributed by atoms with Gasteiger partial charge in [0.15, 0.2) is 0 Å². The average Bonchev–Trinajstić information content (AvgIpc) is 2.31. The van der Waals surface area contributed by atoms with E-state index in [2.05, 4.69) is 6.07 Å². The van der Waals surface area contributed by atoms with Crippen molar-refractivity contribution in [1.82, 2.24) is 4.90 Å². The third-order valence-corrected chi connectivity index (χ3v) is 5.41. The van der Waals surface area contributed by atoms with E-state index in [0.717, 1.165) is 23.7 Å². The van der Waals surface area contributed by atoms with Gasteiger partial charge in [-0.05, 0) is 55.8 Å². The highest BCUT2D eigenvalue weighted by molar-refractivity contribution is 5.73. The number of carbonyl (C=O) groups excluding carboxylic acids is 1. The second kappa shape index (κ2) is 4.57. The van der Waals surface area contributed by atoms with Crippen LogP contribution in [0.3, 0.4) is 0 Å². The van der Waals surface area contributed by atoms with Gasteiger partial charge in [0.25, 0.3) is 0 Å². The third-order valence-electron chi connectivity index (χ3n) is 5.41. The molecule has 0 radical (unpaired) electrons. The standard InChI is InChI=1S/C15H22N2O/c1-10(18)17(4-2-3-16)15-13-6-11-5-12(8-13)9-14(15)7-11/h11-15H,2,4-9H2,1H3. The second-order valence-electron chi connectivity index (χ2n) is 6.54. The summed E-state index contributed by atoms with van der Waals surface area (Å²) < 4.78 is 0. The molecule has 0 unspecified atom stereocenters. The molecule has 4 aliphatic carbocycles. The topological polar surface area (TPSA) is 44.1 Å². The predicted molar refractivity (Wildman–Crippen MR) is 68.5 cm³/mol. The summed E-state index contributed by atoms with van der Waals surface area (Å²) in [6.45, 7) is 2.31. The fraction of sp³-hybridized carbons (Fsp3) is 0.867. The summed E-state index contributed by atoms with van der Waals surface area (Å²) in [6.07, 6.45) is 7.23. The van der Waals surface area contributed by atoms with E-state index in [4.69, 9.17) is 5.26 Å². The van der Waals surface area contributed by atoms with Gasteiger partial charge in [-0.2, -0.15) is 5.26 Å². The molecule has 0 heterocycles. The molecule has 0 aromatic heterocycles. The van der Waals surface area contributed by atoms with Crippen LogP contribution in [-0.4, -0.2) is 23.4 Å². The smallest absolute Gasteiger partial charge is 0.219 e. The lowest BCUT2D eigenvalue weighted by Gasteiger charge is -2.57. The molecule has 4 rings (SSSR count). The quantitative estimate of drug-likeness (QED) is 0.768. The lowest BCUT2D eigenvalue weighted by Crippen LogP contribution is -2.57. The summed E-state index contributed by atoms with van der Waals surface area (Å²) in [5.41, 5.74) is 0. The summed E-state index contributed by atoms with van der Waals surface area (Å²) >= 11 is 0. The van der Waals surface area contributed by atoms with E-state index in [1.165, 1.54) is 32.1 Å². The Bertz CT molecular complexity index is 356. The van der Waals surface area contributed by atoms with Crippen LogP contribution in [-0.2, 0) is 4.79 Å². The lowest BCUT2D eigenvalue weighted by atomic mass is 9.54. The number of hydrogen-bond donors (Lipinski definition) is 0. The van der Waals surface area contributed by atoms with Gasteiger partial charge in [-0.15, -0.1) is 0 Å². The summed E-state index contributed by atoms with van der Waals surface area (Å²) in [5, 5.41) is 8.76. The van der Waals surface area contributed by atoms with Crippen LogP contribution in [0.2, 0.25) is 0 Å². The molecule has 3 heteroatoms. The lowest BCUT2D eigenvalue weighted by molar-refractivity contribution is -0.141. The van der Waals surface area contributed by atoms with Crippen molar-refractivity contribution in [2.45, 2.75) is 51.5 Å². The van der Waals surface area contributed by atoms with Crippen molar-refractivity contribution >= 4 is 5.91 Å². The summed E-state index contributed by atoms with van der Waals surface area (Å²) in [5.74, 6) is 3.50. The van der Waals surface area contributed by atoms with Crippen LogP contribution in [0.4, 0.5) is 0 Å². The molecule has 4 fully saturated rings. The minimum atomic E-state index is 0.169. The minimum absolute atomic E-state index is 0.169. The van der Waals surface area contributed by atoms with E-state index < -0.39 is 0 Å². The average molecular weight is 246 g/mol. The Morgan fingerprint density at radius 3 is 2.17 bits per heavy atom. The Morgan fingerprint density at radius 2 is 1.72 bits per heavy atom. The van der Waals surface area contributed by atoms with Crippen LogP contribution in [0.1, 0.15) is 45.4 Å². The number of carbonyl (C=O) groups is 1. The van der Waals surface area contributed by atoms with E-state index in [1.807, 2.05) is 4.90 Å². The first kappa shape index (κ1) is 12.0. The fourth-order valence-corrected chi connectivity index (χ4v) is 5.09. The molecule has 0 aromatic carbocycles. The molecular weight excluding hydrogens is 224 g/mol. The number of hydrogen-bond acceptors (Lipinski definition) is 2. The van der Waals surface area contributed by atoms with Crippen LogP contribution in [0.15, 0.2) is 0 Å². The normalized spacial score (nSPS) is 40.6. The van der Waals surface area contributed by atoms with Gasteiger partial charge in [0.05, 0.1) is 12.5 Å². The molecule has 4 saturated carbocycles. The maximum absolute atomic E-state index is 11.9. The highest BCUT2D eigenvalue weighted by Crippen LogP contribution is 2.55. The number of amides is 1. The van der Waals surface area contributed by atoms with Crippen LogP contribution in [0.5, 0.6) is 0 Å². The van der Waals surface area contributed by atoms with Crippen LogP contribution >= 0.6 is 0 Å². The molecule has 4 bridgehead atoms. The third kappa shape index (κ3) is 1.92. The van der Waals surface area contributed by atoms with Gasteiger partial charge in [-0.25, -0.2) is 0 Å². The zero-order valence-corrected chi connectivity index (χ0v) is 11.1. The Morgan fingerprint density at radius 1 is 1.17 bits per heavy atom. The highest BCUT2D eigenvalue weighted by atomic mass is 16.2. The minimum Gasteiger partial charge on any atom is -0.338 e. The van der Waals surface area contributed by atoms with Crippen molar-refractivity contribution < 1.29 is 4.79 Å². The molecule has 0 saturated heterocycles. The maximum atomic E-state index is 11.9. The summed E-state index contributed by atoms with van der Waals surface area (Å²) in [4.78, 5) is 13.9. The van der Waals surface area contributed by atoms with Crippen molar-refractivity contribution in [3.63, 3.8) is 0 Å². The highest BCUT2D eigenvalue weighted by Gasteiger charge is 2.50. The second-order valence-corrected chi connectivity index (χ2v) is 6.54. The molecular formula is C15H22N2O. The number of rotatable bonds is 3. The Kier molecular flexibility index (Phi) is 3.05. The van der Waals surface area contributed by atoms with Crippen molar-refractivity contribution in [2.75, 3.05) is 6.54 Å². The van der Waals surface area contributed by atoms with E-state index in [1.54, 1.807) is 6.92 Å². The van der Waals surface area contributed by atoms with Crippen molar-refractivity contribution in [3.05, 3.63) is 0 Å². The van der Waals surface area contributed by atoms with Crippen molar-refractivity contribution in [3.8, 4) is 6.07 Å². The van der Waals surface area contributed by atoms with Crippen LogP contribution in [0, 0.1) is 35.0 Å². The molecule has 18 heavy (non-hydrogen) atoms. The van der Waals surface area contributed by atoms with Gasteiger partial charge in [0.1, 0.15) is 0 Å². The molecule has 1 amide bonds. The van der Waals surface area contributed by atoms with E-state index in [9.17, 15) is 4.79 Å². The monoisotopic (exact) mass is 246 g/mol. The van der Waals surface area contributed by atoms with Gasteiger partial charge in [-0.1, -0.05) is 0 Å². The largest absolute Gasteiger partial charge is 0.338 e. The molecule has 3 nitrogen and oxygen atoms in total. The molecule has 0 aliphatic heterocycles. The number of nitriles is 1. The van der Waals surface area contributed by atoms with Crippen LogP contribution in [0.25, 0.3) is 0 Å². The van der Waals surface area contributed by atoms with E-state index in [0.29, 0.717) is 19.0 Å². The Labute approximate surface area is 109 Å². The predicted octanol–water partition coefficient (Wildman–Crippen LogP) is 2.57. The molecule has 98 valence electrons. The van der Waals surface area contributed by atoms with Crippen LogP contribution < -0.4 is 0 Å². The zero-order chi connectivity index (χ0) is 12.7. The first-order chi connectivity index (χ1) is 8.69. The summed E-state index contributed by atoms with van der Waals surface area (Å²) in [6, 6.07) is 2.63.